The van der Waals surface area contributed by atoms with Crippen molar-refractivity contribution in [3.63, 3.8) is 0 Å². The van der Waals surface area contributed by atoms with Crippen LogP contribution in [-0.2, 0) is 0 Å². The van der Waals surface area contributed by atoms with Gasteiger partial charge in [0, 0.05) is 32.8 Å². The molecule has 170 valence electrons. The molecule has 4 aromatic rings. The number of likely N-dealkylation sites (tertiary alicyclic amines) is 1. The highest BCUT2D eigenvalue weighted by Crippen LogP contribution is 2.37. The SMILES string of the molecule is CN1CCCCC2C[C@H](NC(=O)c3n[nH]c4ccc(-c5ccc(-c6ccsc6)s5)cc34)CC21. The molecule has 0 spiro atoms. The van der Waals surface area contributed by atoms with E-state index in [1.165, 1.54) is 41.1 Å². The number of amides is 1. The van der Waals surface area contributed by atoms with Gasteiger partial charge in [-0.05, 0) is 91.8 Å². The van der Waals surface area contributed by atoms with Crippen molar-refractivity contribution >= 4 is 39.5 Å². The fraction of sp³-hybridized carbons (Fsp3) is 0.385. The van der Waals surface area contributed by atoms with E-state index >= 15 is 0 Å². The lowest BCUT2D eigenvalue weighted by Gasteiger charge is -2.26. The number of hydrogen-bond donors (Lipinski definition) is 2. The molecule has 2 N–H and O–H groups in total. The number of nitrogens with zero attached hydrogens (tertiary/aromatic N) is 2. The maximum atomic E-state index is 13.2. The van der Waals surface area contributed by atoms with Crippen molar-refractivity contribution in [3.05, 3.63) is 52.9 Å². The Labute approximate surface area is 201 Å². The first-order valence-electron chi connectivity index (χ1n) is 11.8. The van der Waals surface area contributed by atoms with Gasteiger partial charge in [-0.2, -0.15) is 16.4 Å². The summed E-state index contributed by atoms with van der Waals surface area (Å²) in [7, 11) is 2.24. The zero-order valence-electron chi connectivity index (χ0n) is 18.7. The van der Waals surface area contributed by atoms with Gasteiger partial charge in [-0.3, -0.25) is 9.89 Å². The Morgan fingerprint density at radius 2 is 2.00 bits per heavy atom. The van der Waals surface area contributed by atoms with Gasteiger partial charge in [0.15, 0.2) is 5.69 Å². The summed E-state index contributed by atoms with van der Waals surface area (Å²) in [6.07, 6.45) is 6.00. The van der Waals surface area contributed by atoms with Gasteiger partial charge in [-0.1, -0.05) is 12.5 Å². The van der Waals surface area contributed by atoms with Crippen molar-refractivity contribution in [1.29, 1.82) is 0 Å². The number of rotatable bonds is 4. The number of hydrogen-bond acceptors (Lipinski definition) is 5. The predicted octanol–water partition coefficient (Wildman–Crippen LogP) is 6.01. The largest absolute Gasteiger partial charge is 0.348 e. The molecule has 3 aromatic heterocycles. The number of H-pyrrole nitrogens is 1. The zero-order valence-corrected chi connectivity index (χ0v) is 20.3. The van der Waals surface area contributed by atoms with E-state index in [-0.39, 0.29) is 11.9 Å². The lowest BCUT2D eigenvalue weighted by molar-refractivity contribution is 0.0932. The standard InChI is InChI=1S/C26H28N4OS2/c1-30-10-3-2-4-16-12-19(14-22(16)30)27-26(31)25-20-13-17(5-6-21(20)28-29-25)23-7-8-24(33-23)18-9-11-32-15-18/h5-9,11,13,15-16,19,22H,2-4,10,12,14H2,1H3,(H,27,31)(H,28,29)/t16?,19-,22?/m0/s1. The van der Waals surface area contributed by atoms with Crippen LogP contribution in [0.1, 0.15) is 42.6 Å². The Balaban J connectivity index is 1.22. The molecule has 4 heterocycles. The molecule has 0 bridgehead atoms. The van der Waals surface area contributed by atoms with E-state index in [0.717, 1.165) is 29.3 Å². The summed E-state index contributed by atoms with van der Waals surface area (Å²) in [5, 5.41) is 15.9. The number of aromatic amines is 1. The summed E-state index contributed by atoms with van der Waals surface area (Å²) in [6.45, 7) is 1.17. The van der Waals surface area contributed by atoms with Gasteiger partial charge < -0.3 is 10.2 Å². The molecule has 2 aliphatic rings. The fourth-order valence-electron chi connectivity index (χ4n) is 5.65. The molecule has 2 fully saturated rings. The third-order valence-corrected chi connectivity index (χ3v) is 9.24. The topological polar surface area (TPSA) is 61.0 Å². The van der Waals surface area contributed by atoms with Gasteiger partial charge in [0.1, 0.15) is 0 Å². The van der Waals surface area contributed by atoms with Crippen LogP contribution in [0.2, 0.25) is 0 Å². The molecule has 2 unspecified atom stereocenters. The van der Waals surface area contributed by atoms with Crippen molar-refractivity contribution in [3.8, 4) is 20.9 Å². The first-order valence-corrected chi connectivity index (χ1v) is 13.5. The summed E-state index contributed by atoms with van der Waals surface area (Å²) >= 11 is 3.49. The third kappa shape index (κ3) is 4.03. The third-order valence-electron chi connectivity index (χ3n) is 7.37. The number of benzene rings is 1. The smallest absolute Gasteiger partial charge is 0.272 e. The van der Waals surface area contributed by atoms with Crippen molar-refractivity contribution in [2.45, 2.75) is 44.2 Å². The van der Waals surface area contributed by atoms with Crippen LogP contribution in [-0.4, -0.2) is 46.7 Å². The first kappa shape index (κ1) is 21.1. The molecule has 1 amide bonds. The minimum absolute atomic E-state index is 0.0624. The van der Waals surface area contributed by atoms with E-state index in [2.05, 4.69) is 68.6 Å². The molecular weight excluding hydrogens is 448 g/mol. The summed E-state index contributed by atoms with van der Waals surface area (Å²) in [6, 6.07) is 13.5. The van der Waals surface area contributed by atoms with Crippen LogP contribution in [0.4, 0.5) is 0 Å². The molecule has 7 heteroatoms. The van der Waals surface area contributed by atoms with Crippen LogP contribution in [0.5, 0.6) is 0 Å². The second-order valence-corrected chi connectivity index (χ2v) is 11.3. The average molecular weight is 477 g/mol. The van der Waals surface area contributed by atoms with Crippen molar-refractivity contribution < 1.29 is 4.79 Å². The first-order chi connectivity index (χ1) is 16.2. The van der Waals surface area contributed by atoms with Crippen molar-refractivity contribution in [1.82, 2.24) is 20.4 Å². The van der Waals surface area contributed by atoms with E-state index < -0.39 is 0 Å². The Bertz CT molecular complexity index is 1270. The van der Waals surface area contributed by atoms with Gasteiger partial charge in [0.05, 0.1) is 5.52 Å². The lowest BCUT2D eigenvalue weighted by atomic mass is 9.98. The highest BCUT2D eigenvalue weighted by atomic mass is 32.1. The molecule has 1 saturated heterocycles. The number of aromatic nitrogens is 2. The Hall–Kier alpha value is -2.48. The van der Waals surface area contributed by atoms with Crippen LogP contribution in [0.3, 0.4) is 0 Å². The van der Waals surface area contributed by atoms with E-state index in [4.69, 9.17) is 0 Å². The number of carbonyl (C=O) groups excluding carboxylic acids is 1. The van der Waals surface area contributed by atoms with E-state index in [9.17, 15) is 4.79 Å². The van der Waals surface area contributed by atoms with Crippen LogP contribution in [0, 0.1) is 5.92 Å². The minimum atomic E-state index is -0.0624. The Morgan fingerprint density at radius 1 is 1.12 bits per heavy atom. The van der Waals surface area contributed by atoms with Gasteiger partial charge in [0.25, 0.3) is 5.91 Å². The van der Waals surface area contributed by atoms with Crippen molar-refractivity contribution in [2.24, 2.45) is 5.92 Å². The number of fused-ring (bicyclic) bond motifs is 2. The van der Waals surface area contributed by atoms with Gasteiger partial charge in [-0.25, -0.2) is 0 Å². The fourth-order valence-corrected chi connectivity index (χ4v) is 7.38. The molecule has 1 aromatic carbocycles. The molecule has 3 atom stereocenters. The van der Waals surface area contributed by atoms with Gasteiger partial charge in [0.2, 0.25) is 0 Å². The van der Waals surface area contributed by atoms with Gasteiger partial charge in [-0.15, -0.1) is 11.3 Å². The second-order valence-electron chi connectivity index (χ2n) is 9.45. The van der Waals surface area contributed by atoms with Gasteiger partial charge >= 0.3 is 0 Å². The van der Waals surface area contributed by atoms with Crippen LogP contribution in [0.25, 0.3) is 31.8 Å². The lowest BCUT2D eigenvalue weighted by Crippen LogP contribution is -2.36. The summed E-state index contributed by atoms with van der Waals surface area (Å²) in [4.78, 5) is 18.2. The number of nitrogens with one attached hydrogen (secondary N) is 2. The summed E-state index contributed by atoms with van der Waals surface area (Å²) < 4.78 is 0. The highest BCUT2D eigenvalue weighted by molar-refractivity contribution is 7.19. The maximum absolute atomic E-state index is 13.2. The van der Waals surface area contributed by atoms with Crippen LogP contribution in [0.15, 0.2) is 47.2 Å². The van der Waals surface area contributed by atoms with Crippen LogP contribution >= 0.6 is 22.7 Å². The normalized spacial score (nSPS) is 23.5. The predicted molar refractivity (Wildman–Crippen MR) is 137 cm³/mol. The summed E-state index contributed by atoms with van der Waals surface area (Å²) in [5.41, 5.74) is 3.78. The molecule has 1 aliphatic carbocycles. The average Bonchev–Trinajstić information content (AvgIpc) is 3.61. The van der Waals surface area contributed by atoms with E-state index in [1.807, 2.05) is 6.07 Å². The molecule has 0 radical (unpaired) electrons. The maximum Gasteiger partial charge on any atom is 0.272 e. The highest BCUT2D eigenvalue weighted by Gasteiger charge is 2.38. The molecule has 6 rings (SSSR count). The molecule has 5 nitrogen and oxygen atoms in total. The quantitative estimate of drug-likeness (QED) is 0.379. The molecule has 1 saturated carbocycles. The zero-order chi connectivity index (χ0) is 22.4. The van der Waals surface area contributed by atoms with E-state index in [0.29, 0.717) is 17.7 Å². The van der Waals surface area contributed by atoms with Crippen LogP contribution < -0.4 is 5.32 Å². The molecular formula is C26H28N4OS2. The Kier molecular flexibility index (Phi) is 5.56. The monoisotopic (exact) mass is 476 g/mol. The summed E-state index contributed by atoms with van der Waals surface area (Å²) in [5.74, 6) is 0.634. The minimum Gasteiger partial charge on any atom is -0.348 e. The number of thiophene rings is 2. The number of carbonyl (C=O) groups is 1. The second kappa shape index (κ2) is 8.70. The Morgan fingerprint density at radius 3 is 2.85 bits per heavy atom. The molecule has 33 heavy (non-hydrogen) atoms. The van der Waals surface area contributed by atoms with E-state index in [1.54, 1.807) is 22.7 Å². The molecule has 1 aliphatic heterocycles. The van der Waals surface area contributed by atoms with Crippen molar-refractivity contribution in [2.75, 3.05) is 13.6 Å².